The topological polar surface area (TPSA) is 69.0 Å². The van der Waals surface area contributed by atoms with Gasteiger partial charge >= 0.3 is 12.2 Å². The van der Waals surface area contributed by atoms with E-state index in [1.807, 2.05) is 13.8 Å². The van der Waals surface area contributed by atoms with Crippen LogP contribution in [0.3, 0.4) is 0 Å². The first-order valence-electron chi connectivity index (χ1n) is 9.93. The fourth-order valence-corrected chi connectivity index (χ4v) is 3.03. The average molecular weight is 430 g/mol. The zero-order valence-corrected chi connectivity index (χ0v) is 17.0. The summed E-state index contributed by atoms with van der Waals surface area (Å²) in [6, 6.07) is 11.8. The molecule has 162 valence electrons. The highest BCUT2D eigenvalue weighted by Gasteiger charge is 2.31. The molecule has 1 aliphatic rings. The Hall–Kier alpha value is -3.36. The number of nitrogens with one attached hydrogen (secondary N) is 1. The van der Waals surface area contributed by atoms with Gasteiger partial charge in [0.15, 0.2) is 5.82 Å². The van der Waals surface area contributed by atoms with Crippen LogP contribution in [0, 0.1) is 5.92 Å². The van der Waals surface area contributed by atoms with E-state index in [-0.39, 0.29) is 35.3 Å². The number of hydrogen-bond acceptors (Lipinski definition) is 4. The minimum atomic E-state index is -4.47. The molecule has 1 saturated carbocycles. The van der Waals surface area contributed by atoms with Crippen LogP contribution in [0.5, 0.6) is 6.01 Å². The summed E-state index contributed by atoms with van der Waals surface area (Å²) in [5.41, 5.74) is 0.694. The number of hydrogen-bond donors (Lipinski definition) is 1. The van der Waals surface area contributed by atoms with Gasteiger partial charge < -0.3 is 10.1 Å². The molecule has 0 atom stereocenters. The van der Waals surface area contributed by atoms with Crippen molar-refractivity contribution < 1.29 is 22.7 Å². The first kappa shape index (κ1) is 20.9. The Bertz CT molecular complexity index is 1090. The number of rotatable bonds is 6. The largest absolute Gasteiger partial charge is 0.460 e. The molecule has 3 aromatic rings. The molecule has 31 heavy (non-hydrogen) atoms. The first-order valence-corrected chi connectivity index (χ1v) is 9.93. The molecule has 0 unspecified atom stereocenters. The van der Waals surface area contributed by atoms with Gasteiger partial charge in [0.05, 0.1) is 17.4 Å². The number of carbonyl (C=O) groups is 1. The lowest BCUT2D eigenvalue weighted by atomic mass is 10.1. The second-order valence-corrected chi connectivity index (χ2v) is 7.69. The van der Waals surface area contributed by atoms with Gasteiger partial charge in [-0.3, -0.25) is 4.79 Å². The predicted octanol–water partition coefficient (Wildman–Crippen LogP) is 5.09. The number of carbonyl (C=O) groups excluding carboxylic acids is 1. The van der Waals surface area contributed by atoms with E-state index in [1.54, 1.807) is 30.3 Å². The van der Waals surface area contributed by atoms with E-state index in [0.717, 1.165) is 25.0 Å². The summed E-state index contributed by atoms with van der Waals surface area (Å²) in [4.78, 5) is 16.3. The summed E-state index contributed by atoms with van der Waals surface area (Å²) >= 11 is 0. The maximum atomic E-state index is 13.2. The molecule has 1 N–H and O–H groups in total. The Morgan fingerprint density at radius 3 is 2.48 bits per heavy atom. The van der Waals surface area contributed by atoms with E-state index < -0.39 is 11.7 Å². The molecule has 6 nitrogen and oxygen atoms in total. The Kier molecular flexibility index (Phi) is 5.43. The molecule has 1 heterocycles. The van der Waals surface area contributed by atoms with Gasteiger partial charge in [0.1, 0.15) is 0 Å². The van der Waals surface area contributed by atoms with Crippen molar-refractivity contribution in [2.24, 2.45) is 5.92 Å². The third-order valence-corrected chi connectivity index (χ3v) is 4.70. The predicted molar refractivity (Wildman–Crippen MR) is 109 cm³/mol. The molecular formula is C22H21F3N4O2. The molecule has 2 aromatic carbocycles. The summed E-state index contributed by atoms with van der Waals surface area (Å²) in [7, 11) is 0. The Morgan fingerprint density at radius 1 is 1.16 bits per heavy atom. The highest BCUT2D eigenvalue weighted by atomic mass is 19.4. The highest BCUT2D eigenvalue weighted by molar-refractivity contribution is 5.94. The molecule has 1 fully saturated rings. The average Bonchev–Trinajstić information content (AvgIpc) is 3.49. The molecule has 1 aromatic heterocycles. The molecule has 0 bridgehead atoms. The molecule has 4 rings (SSSR count). The fraction of sp³-hybridized carbons (Fsp3) is 0.318. The van der Waals surface area contributed by atoms with Gasteiger partial charge in [-0.25, -0.2) is 4.68 Å². The third-order valence-electron chi connectivity index (χ3n) is 4.70. The monoisotopic (exact) mass is 430 g/mol. The maximum Gasteiger partial charge on any atom is 0.416 e. The van der Waals surface area contributed by atoms with Crippen LogP contribution in [-0.2, 0) is 11.0 Å². The zero-order valence-electron chi connectivity index (χ0n) is 17.0. The molecule has 1 aliphatic carbocycles. The van der Waals surface area contributed by atoms with Crippen LogP contribution in [0.15, 0.2) is 48.5 Å². The van der Waals surface area contributed by atoms with Crippen molar-refractivity contribution in [3.05, 3.63) is 54.1 Å². The van der Waals surface area contributed by atoms with Crippen LogP contribution in [0.4, 0.5) is 18.9 Å². The second-order valence-electron chi connectivity index (χ2n) is 7.69. The van der Waals surface area contributed by atoms with E-state index in [1.165, 1.54) is 10.7 Å². The zero-order chi connectivity index (χ0) is 22.2. The van der Waals surface area contributed by atoms with Gasteiger partial charge in [-0.2, -0.15) is 18.2 Å². The van der Waals surface area contributed by atoms with Crippen LogP contribution in [-0.4, -0.2) is 26.8 Å². The lowest BCUT2D eigenvalue weighted by molar-refractivity contribution is -0.137. The summed E-state index contributed by atoms with van der Waals surface area (Å²) in [6.07, 6.45) is -2.87. The van der Waals surface area contributed by atoms with E-state index in [2.05, 4.69) is 15.4 Å². The minimum absolute atomic E-state index is 0.00854. The van der Waals surface area contributed by atoms with Crippen molar-refractivity contribution in [2.75, 3.05) is 5.32 Å². The number of halogens is 3. The molecular weight excluding hydrogens is 409 g/mol. The minimum Gasteiger partial charge on any atom is -0.460 e. The Labute approximate surface area is 177 Å². The lowest BCUT2D eigenvalue weighted by Gasteiger charge is -2.10. The number of alkyl halides is 3. The fourth-order valence-electron chi connectivity index (χ4n) is 3.03. The highest BCUT2D eigenvalue weighted by Crippen LogP contribution is 2.33. The van der Waals surface area contributed by atoms with Crippen LogP contribution in [0.1, 0.15) is 32.3 Å². The summed E-state index contributed by atoms with van der Waals surface area (Å²) < 4.78 is 46.6. The number of anilines is 1. The van der Waals surface area contributed by atoms with E-state index in [4.69, 9.17) is 4.74 Å². The number of nitrogens with zero attached hydrogens (tertiary/aromatic N) is 3. The summed E-state index contributed by atoms with van der Waals surface area (Å²) in [6.45, 7) is 3.62. The molecule has 1 amide bonds. The van der Waals surface area contributed by atoms with Crippen molar-refractivity contribution in [1.29, 1.82) is 0 Å². The van der Waals surface area contributed by atoms with Crippen LogP contribution >= 0.6 is 0 Å². The van der Waals surface area contributed by atoms with Crippen molar-refractivity contribution in [1.82, 2.24) is 14.8 Å². The van der Waals surface area contributed by atoms with Gasteiger partial charge in [-0.05, 0) is 63.1 Å². The molecule has 9 heteroatoms. The SMILES string of the molecule is CC(C)Oc1nc(-c2cccc(C(F)(F)F)c2)n(-c2ccc(NC(=O)C3CC3)cc2)n1. The van der Waals surface area contributed by atoms with Gasteiger partial charge in [-0.15, -0.1) is 5.10 Å². The van der Waals surface area contributed by atoms with Gasteiger partial charge in [0.2, 0.25) is 5.91 Å². The number of amides is 1. The van der Waals surface area contributed by atoms with Crippen molar-refractivity contribution in [2.45, 2.75) is 39.0 Å². The maximum absolute atomic E-state index is 13.2. The number of aromatic nitrogens is 3. The van der Waals surface area contributed by atoms with E-state index in [9.17, 15) is 18.0 Å². The van der Waals surface area contributed by atoms with Crippen LogP contribution < -0.4 is 10.1 Å². The normalized spacial score (nSPS) is 14.0. The third kappa shape index (κ3) is 4.87. The second kappa shape index (κ2) is 8.05. The van der Waals surface area contributed by atoms with Crippen molar-refractivity contribution in [3.63, 3.8) is 0 Å². The summed E-state index contributed by atoms with van der Waals surface area (Å²) in [5, 5.41) is 7.18. The summed E-state index contributed by atoms with van der Waals surface area (Å²) in [5.74, 6) is 0.292. The van der Waals surface area contributed by atoms with E-state index >= 15 is 0 Å². The van der Waals surface area contributed by atoms with Gasteiger partial charge in [0.25, 0.3) is 0 Å². The quantitative estimate of drug-likeness (QED) is 0.592. The Morgan fingerprint density at radius 2 is 1.87 bits per heavy atom. The molecule has 0 radical (unpaired) electrons. The standard InChI is InChI=1S/C22H21F3N4O2/c1-13(2)31-21-27-19(15-4-3-5-16(12-15)22(23,24)25)29(28-21)18-10-8-17(9-11-18)26-20(30)14-6-7-14/h3-5,8-14H,6-7H2,1-2H3,(H,26,30). The van der Waals surface area contributed by atoms with Crippen molar-refractivity contribution >= 4 is 11.6 Å². The number of benzene rings is 2. The number of ether oxygens (including phenoxy) is 1. The van der Waals surface area contributed by atoms with Crippen LogP contribution in [0.25, 0.3) is 17.1 Å². The molecule has 0 saturated heterocycles. The lowest BCUT2D eigenvalue weighted by Crippen LogP contribution is -2.13. The first-order chi connectivity index (χ1) is 14.7. The van der Waals surface area contributed by atoms with Crippen LogP contribution in [0.2, 0.25) is 0 Å². The molecule has 0 spiro atoms. The Balaban J connectivity index is 1.70. The van der Waals surface area contributed by atoms with Gasteiger partial charge in [-0.1, -0.05) is 12.1 Å². The van der Waals surface area contributed by atoms with E-state index in [0.29, 0.717) is 11.4 Å². The van der Waals surface area contributed by atoms with Crippen molar-refractivity contribution in [3.8, 4) is 23.1 Å². The molecule has 0 aliphatic heterocycles. The van der Waals surface area contributed by atoms with Gasteiger partial charge in [0, 0.05) is 17.2 Å². The smallest absolute Gasteiger partial charge is 0.416 e.